The highest BCUT2D eigenvalue weighted by Crippen LogP contribution is 2.27. The van der Waals surface area contributed by atoms with Crippen LogP contribution < -0.4 is 10.9 Å². The Bertz CT molecular complexity index is 766. The third kappa shape index (κ3) is 6.80. The van der Waals surface area contributed by atoms with Crippen LogP contribution in [-0.2, 0) is 4.12 Å². The predicted molar refractivity (Wildman–Crippen MR) is 131 cm³/mol. The minimum Gasteiger partial charge on any atom is -0.462 e. The number of nitrogens with one attached hydrogen (secondary N) is 2. The normalized spacial score (nSPS) is 17.2. The van der Waals surface area contributed by atoms with E-state index in [0.29, 0.717) is 13.1 Å². The first kappa shape index (κ1) is 26.9. The van der Waals surface area contributed by atoms with Gasteiger partial charge >= 0.3 is 12.2 Å². The summed E-state index contributed by atoms with van der Waals surface area (Å²) in [5, 5.41) is 24.6. The van der Waals surface area contributed by atoms with E-state index in [1.807, 2.05) is 27.7 Å². The van der Waals surface area contributed by atoms with Gasteiger partial charge in [0.05, 0.1) is 22.8 Å². The molecule has 188 valence electrons. The molecule has 0 aromatic carbocycles. The molecule has 0 aromatic heterocycles. The maximum atomic E-state index is 11.5. The van der Waals surface area contributed by atoms with Crippen LogP contribution >= 0.6 is 0 Å². The molecule has 2 amide bonds. The van der Waals surface area contributed by atoms with E-state index in [-0.39, 0.29) is 0 Å². The van der Waals surface area contributed by atoms with Crippen molar-refractivity contribution in [2.24, 2.45) is 0 Å². The van der Waals surface area contributed by atoms with Crippen molar-refractivity contribution < 1.29 is 23.9 Å². The highest BCUT2D eigenvalue weighted by molar-refractivity contribution is 6.84. The molecule has 2 aliphatic rings. The molecule has 13 heteroatoms. The van der Waals surface area contributed by atoms with Gasteiger partial charge in [0.15, 0.2) is 16.6 Å². The number of carboxylic acid groups (broad SMARTS) is 2. The Kier molecular flexibility index (Phi) is 8.35. The Morgan fingerprint density at radius 3 is 1.39 bits per heavy atom. The summed E-state index contributed by atoms with van der Waals surface area (Å²) in [6.45, 7) is 17.7. The van der Waals surface area contributed by atoms with Crippen LogP contribution in [-0.4, -0.2) is 72.4 Å². The van der Waals surface area contributed by atoms with E-state index in [9.17, 15) is 19.8 Å². The molecule has 11 nitrogen and oxygen atoms in total. The van der Waals surface area contributed by atoms with E-state index in [0.717, 1.165) is 58.0 Å². The first-order chi connectivity index (χ1) is 15.1. The van der Waals surface area contributed by atoms with Gasteiger partial charge in [0, 0.05) is 13.1 Å². The van der Waals surface area contributed by atoms with Crippen molar-refractivity contribution in [2.45, 2.75) is 78.8 Å². The van der Waals surface area contributed by atoms with Crippen molar-refractivity contribution in [2.75, 3.05) is 13.1 Å². The third-order valence-corrected chi connectivity index (χ3v) is 13.6. The summed E-state index contributed by atoms with van der Waals surface area (Å²) >= 11 is 0. The Balaban J connectivity index is 1.84. The molecule has 4 N–H and O–H groups in total. The number of nitrogens with zero attached hydrogens (tertiary/aromatic N) is 4. The smallest absolute Gasteiger partial charge is 0.446 e. The zero-order chi connectivity index (χ0) is 25.1. The zero-order valence-corrected chi connectivity index (χ0v) is 23.2. The van der Waals surface area contributed by atoms with E-state index in [1.54, 1.807) is 10.0 Å². The summed E-state index contributed by atoms with van der Waals surface area (Å²) in [5.74, 6) is 0. The van der Waals surface area contributed by atoms with Gasteiger partial charge in [0.1, 0.15) is 0 Å². The van der Waals surface area contributed by atoms with E-state index in [1.165, 1.54) is 0 Å². The van der Waals surface area contributed by atoms with Gasteiger partial charge in [-0.25, -0.2) is 9.59 Å². The molecule has 2 rings (SSSR count). The summed E-state index contributed by atoms with van der Waals surface area (Å²) in [6.07, 6.45) is -0.364. The lowest BCUT2D eigenvalue weighted by atomic mass is 10.3. The lowest BCUT2D eigenvalue weighted by molar-refractivity contribution is 0.00908. The van der Waals surface area contributed by atoms with Crippen LogP contribution in [0.1, 0.15) is 40.5 Å². The van der Waals surface area contributed by atoms with Gasteiger partial charge in [-0.3, -0.25) is 20.9 Å². The summed E-state index contributed by atoms with van der Waals surface area (Å²) < 4.78 is 6.72. The molecule has 0 aromatic rings. The Morgan fingerprint density at radius 2 is 1.09 bits per heavy atom. The summed E-state index contributed by atoms with van der Waals surface area (Å²) in [6, 6.07) is 1.87. The van der Waals surface area contributed by atoms with Crippen molar-refractivity contribution in [3.05, 3.63) is 22.8 Å². The molecule has 2 aliphatic heterocycles. The van der Waals surface area contributed by atoms with E-state index >= 15 is 0 Å². The average Bonchev–Trinajstić information content (AvgIpc) is 3.12. The molecular weight excluding hydrogens is 460 g/mol. The van der Waals surface area contributed by atoms with Crippen LogP contribution in [0.15, 0.2) is 22.8 Å². The van der Waals surface area contributed by atoms with E-state index in [2.05, 4.69) is 37.0 Å². The van der Waals surface area contributed by atoms with Crippen molar-refractivity contribution in [3.8, 4) is 0 Å². The molecule has 0 bridgehead atoms. The number of rotatable bonds is 10. The second-order valence-electron chi connectivity index (χ2n) is 9.91. The third-order valence-electron chi connectivity index (χ3n) is 6.10. The number of hydrogen-bond donors (Lipinski definition) is 4. The molecule has 0 aliphatic carbocycles. The molecule has 0 saturated carbocycles. The topological polar surface area (TPSA) is 121 Å². The fourth-order valence-corrected chi connectivity index (χ4v) is 13.1. The van der Waals surface area contributed by atoms with Gasteiger partial charge in [-0.05, 0) is 78.8 Å². The molecule has 0 radical (unpaired) electrons. The molecule has 33 heavy (non-hydrogen) atoms. The standard InChI is InChI=1S/C20H40N6O5Si2/c1-15-17(3)23(25(21-15)19(27)28)11-9-13-32(5,6)31-33(7,8)14-10-12-24-18(4)16(2)22-26(24)20(29)30/h21-22H,9-14H2,1-8H3,(H,27,28)(H,29,30). The fraction of sp³-hybridized carbons (Fsp3) is 0.700. The minimum atomic E-state index is -1.94. The molecular formula is C20H40N6O5Si2. The Labute approximate surface area is 198 Å². The monoisotopic (exact) mass is 500 g/mol. The Hall–Kier alpha value is -2.39. The highest BCUT2D eigenvalue weighted by atomic mass is 28.4. The lowest BCUT2D eigenvalue weighted by Crippen LogP contribution is -2.48. The van der Waals surface area contributed by atoms with Crippen LogP contribution in [0.25, 0.3) is 0 Å². The first-order valence-corrected chi connectivity index (χ1v) is 17.6. The van der Waals surface area contributed by atoms with Gasteiger partial charge in [-0.15, -0.1) is 10.2 Å². The number of amides is 2. The van der Waals surface area contributed by atoms with Crippen LogP contribution in [0, 0.1) is 0 Å². The molecule has 0 atom stereocenters. The number of carbonyl (C=O) groups is 2. The Morgan fingerprint density at radius 1 is 0.758 bits per heavy atom. The maximum absolute atomic E-state index is 11.5. The second-order valence-corrected chi connectivity index (χ2v) is 18.8. The van der Waals surface area contributed by atoms with Gasteiger partial charge in [0.25, 0.3) is 0 Å². The van der Waals surface area contributed by atoms with Crippen LogP contribution in [0.2, 0.25) is 38.3 Å². The van der Waals surface area contributed by atoms with E-state index < -0.39 is 28.8 Å². The summed E-state index contributed by atoms with van der Waals surface area (Å²) in [4.78, 5) is 23.0. The van der Waals surface area contributed by atoms with Crippen LogP contribution in [0.3, 0.4) is 0 Å². The largest absolute Gasteiger partial charge is 0.462 e. The van der Waals surface area contributed by atoms with Crippen molar-refractivity contribution in [1.29, 1.82) is 0 Å². The number of hydrogen-bond acceptors (Lipinski definition) is 7. The summed E-state index contributed by atoms with van der Waals surface area (Å²) in [5.41, 5.74) is 9.27. The quantitative estimate of drug-likeness (QED) is 0.328. The summed E-state index contributed by atoms with van der Waals surface area (Å²) in [7, 11) is -3.89. The van der Waals surface area contributed by atoms with Crippen molar-refractivity contribution in [1.82, 2.24) is 31.1 Å². The molecule has 0 fully saturated rings. The SMILES string of the molecule is CC1=C(C)N(CCC[Si](C)(C)O[Si](C)(C)CCCN2C(C)=C(C)NN2C(=O)O)N(C(=O)O)N1. The minimum absolute atomic E-state index is 0.613. The predicted octanol–water partition coefficient (Wildman–Crippen LogP) is 4.13. The van der Waals surface area contributed by atoms with Gasteiger partial charge < -0.3 is 14.3 Å². The van der Waals surface area contributed by atoms with Gasteiger partial charge in [-0.2, -0.15) is 0 Å². The first-order valence-electron chi connectivity index (χ1n) is 11.3. The van der Waals surface area contributed by atoms with Gasteiger partial charge in [0.2, 0.25) is 0 Å². The maximum Gasteiger partial charge on any atom is 0.446 e. The zero-order valence-electron chi connectivity index (χ0n) is 21.2. The highest BCUT2D eigenvalue weighted by Gasteiger charge is 2.35. The lowest BCUT2D eigenvalue weighted by Gasteiger charge is -2.36. The fourth-order valence-electron chi connectivity index (χ4n) is 4.28. The molecule has 0 unspecified atom stereocenters. The molecule has 2 heterocycles. The van der Waals surface area contributed by atoms with Crippen molar-refractivity contribution >= 4 is 28.8 Å². The van der Waals surface area contributed by atoms with Crippen LogP contribution in [0.4, 0.5) is 9.59 Å². The second kappa shape index (κ2) is 10.3. The van der Waals surface area contributed by atoms with Crippen LogP contribution in [0.5, 0.6) is 0 Å². The molecule has 0 saturated heterocycles. The average molecular weight is 501 g/mol. The van der Waals surface area contributed by atoms with Crippen molar-refractivity contribution in [3.63, 3.8) is 0 Å². The van der Waals surface area contributed by atoms with E-state index in [4.69, 9.17) is 4.12 Å². The molecule has 0 spiro atoms. The number of allylic oxidation sites excluding steroid dienone is 4. The van der Waals surface area contributed by atoms with Gasteiger partial charge in [-0.1, -0.05) is 0 Å². The number of hydrazine groups is 4.